The molecule has 1 unspecified atom stereocenters. The topological polar surface area (TPSA) is 89.8 Å². The summed E-state index contributed by atoms with van der Waals surface area (Å²) in [6, 6.07) is 0. The SMILES string of the molecule is [2H]C([2H])([2H])C(CO)(C(O)C(=O)NCCCO)C([2H])([2H])[2H]. The summed E-state index contributed by atoms with van der Waals surface area (Å²) in [5.41, 5.74) is -2.97. The predicted molar refractivity (Wildman–Crippen MR) is 51.6 cm³/mol. The molecule has 0 radical (unpaired) electrons. The van der Waals surface area contributed by atoms with Crippen molar-refractivity contribution >= 4 is 5.91 Å². The van der Waals surface area contributed by atoms with Crippen LogP contribution >= 0.6 is 0 Å². The predicted octanol–water partition coefficient (Wildman–Crippen LogP) is -1.14. The molecule has 0 aromatic rings. The quantitative estimate of drug-likeness (QED) is 0.418. The van der Waals surface area contributed by atoms with Gasteiger partial charge >= 0.3 is 0 Å². The van der Waals surface area contributed by atoms with Gasteiger partial charge in [0.05, 0.1) is 6.61 Å². The first-order valence-corrected chi connectivity index (χ1v) is 4.13. The van der Waals surface area contributed by atoms with Crippen molar-refractivity contribution in [1.82, 2.24) is 5.32 Å². The highest BCUT2D eigenvalue weighted by Crippen LogP contribution is 2.19. The van der Waals surface area contributed by atoms with Crippen LogP contribution < -0.4 is 5.32 Å². The second-order valence-corrected chi connectivity index (χ2v) is 2.90. The van der Waals surface area contributed by atoms with E-state index in [0.29, 0.717) is 0 Å². The van der Waals surface area contributed by atoms with Crippen molar-refractivity contribution in [2.24, 2.45) is 5.41 Å². The lowest BCUT2D eigenvalue weighted by atomic mass is 9.87. The fraction of sp³-hybridized carbons (Fsp3) is 0.889. The fourth-order valence-electron chi connectivity index (χ4n) is 0.698. The standard InChI is InChI=1S/C9H19NO4/c1-9(2,6-12)7(13)8(14)10-4-3-5-11/h7,11-13H,3-6H2,1-2H3,(H,10,14)/i1D3,2D3. The van der Waals surface area contributed by atoms with Gasteiger partial charge < -0.3 is 20.6 Å². The second kappa shape index (κ2) is 5.95. The maximum Gasteiger partial charge on any atom is 0.249 e. The van der Waals surface area contributed by atoms with E-state index >= 15 is 0 Å². The lowest BCUT2D eigenvalue weighted by Gasteiger charge is -2.27. The lowest BCUT2D eigenvalue weighted by Crippen LogP contribution is -2.45. The van der Waals surface area contributed by atoms with E-state index in [1.165, 1.54) is 0 Å². The van der Waals surface area contributed by atoms with Crippen LogP contribution in [0.2, 0.25) is 0 Å². The van der Waals surface area contributed by atoms with Crippen LogP contribution in [0.25, 0.3) is 0 Å². The fourth-order valence-corrected chi connectivity index (χ4v) is 0.698. The Bertz CT molecular complexity index is 315. The highest BCUT2D eigenvalue weighted by Gasteiger charge is 2.32. The van der Waals surface area contributed by atoms with Crippen LogP contribution in [0.15, 0.2) is 0 Å². The monoisotopic (exact) mass is 211 g/mol. The number of carbonyl (C=O) groups is 1. The molecule has 14 heavy (non-hydrogen) atoms. The molecule has 0 heterocycles. The number of aliphatic hydroxyl groups excluding tert-OH is 3. The van der Waals surface area contributed by atoms with Crippen molar-refractivity contribution < 1.29 is 28.3 Å². The van der Waals surface area contributed by atoms with E-state index in [1.807, 2.05) is 0 Å². The zero-order chi connectivity index (χ0) is 16.2. The van der Waals surface area contributed by atoms with Crippen molar-refractivity contribution in [2.45, 2.75) is 26.2 Å². The molecule has 4 N–H and O–H groups in total. The van der Waals surface area contributed by atoms with Gasteiger partial charge in [-0.3, -0.25) is 4.79 Å². The minimum Gasteiger partial charge on any atom is -0.396 e. The molecule has 0 bridgehead atoms. The molecule has 0 aliphatic heterocycles. The van der Waals surface area contributed by atoms with E-state index in [9.17, 15) is 15.0 Å². The zero-order valence-electron chi connectivity index (χ0n) is 13.7. The van der Waals surface area contributed by atoms with Crippen LogP contribution in [0.5, 0.6) is 0 Å². The molecule has 0 fully saturated rings. The van der Waals surface area contributed by atoms with Crippen molar-refractivity contribution in [3.63, 3.8) is 0 Å². The Labute approximate surface area is 92.2 Å². The largest absolute Gasteiger partial charge is 0.396 e. The van der Waals surface area contributed by atoms with E-state index in [4.69, 9.17) is 13.3 Å². The van der Waals surface area contributed by atoms with Crippen LogP contribution in [-0.4, -0.2) is 47.1 Å². The van der Waals surface area contributed by atoms with Gasteiger partial charge in [0.1, 0.15) is 6.10 Å². The van der Waals surface area contributed by atoms with E-state index in [0.717, 1.165) is 0 Å². The number of aliphatic hydroxyl groups is 3. The van der Waals surface area contributed by atoms with Crippen molar-refractivity contribution in [2.75, 3.05) is 19.8 Å². The number of nitrogens with one attached hydrogen (secondary N) is 1. The molecule has 0 saturated carbocycles. The lowest BCUT2D eigenvalue weighted by molar-refractivity contribution is -0.137. The minimum atomic E-state index is -3.28. The van der Waals surface area contributed by atoms with Gasteiger partial charge in [-0.25, -0.2) is 0 Å². The van der Waals surface area contributed by atoms with Crippen LogP contribution in [0.1, 0.15) is 28.3 Å². The first-order chi connectivity index (χ1) is 8.95. The summed E-state index contributed by atoms with van der Waals surface area (Å²) >= 11 is 0. The van der Waals surface area contributed by atoms with E-state index in [-0.39, 0.29) is 19.6 Å². The summed E-state index contributed by atoms with van der Waals surface area (Å²) in [5.74, 6) is -1.22. The Morgan fingerprint density at radius 1 is 1.57 bits per heavy atom. The summed E-state index contributed by atoms with van der Waals surface area (Å²) in [6.45, 7) is -8.26. The van der Waals surface area contributed by atoms with Crippen molar-refractivity contribution in [3.05, 3.63) is 0 Å². The molecule has 5 heteroatoms. The summed E-state index contributed by atoms with van der Waals surface area (Å²) < 4.78 is 43.6. The number of hydrogen-bond donors (Lipinski definition) is 4. The first kappa shape index (κ1) is 6.05. The van der Waals surface area contributed by atoms with Gasteiger partial charge in [0.2, 0.25) is 5.91 Å². The van der Waals surface area contributed by atoms with Gasteiger partial charge in [0.15, 0.2) is 0 Å². The Balaban J connectivity index is 5.39. The van der Waals surface area contributed by atoms with Crippen LogP contribution in [0, 0.1) is 5.41 Å². The van der Waals surface area contributed by atoms with E-state index in [2.05, 4.69) is 5.32 Å². The van der Waals surface area contributed by atoms with Gasteiger partial charge in [-0.1, -0.05) is 13.7 Å². The molecule has 1 atom stereocenters. The molecule has 0 aromatic carbocycles. The van der Waals surface area contributed by atoms with Gasteiger partial charge in [-0.2, -0.15) is 0 Å². The highest BCUT2D eigenvalue weighted by atomic mass is 16.3. The summed E-state index contributed by atoms with van der Waals surface area (Å²) in [4.78, 5) is 11.7. The minimum absolute atomic E-state index is 0.0596. The van der Waals surface area contributed by atoms with Gasteiger partial charge in [-0.15, -0.1) is 0 Å². The van der Waals surface area contributed by atoms with Gasteiger partial charge in [-0.05, 0) is 6.42 Å². The molecule has 84 valence electrons. The van der Waals surface area contributed by atoms with Crippen LogP contribution in [-0.2, 0) is 4.79 Å². The zero-order valence-corrected chi connectivity index (χ0v) is 7.66. The number of rotatable bonds is 6. The van der Waals surface area contributed by atoms with Crippen LogP contribution in [0.4, 0.5) is 0 Å². The molecule has 0 aliphatic carbocycles. The Hall–Kier alpha value is -0.650. The molecule has 0 rings (SSSR count). The smallest absolute Gasteiger partial charge is 0.249 e. The summed E-state index contributed by atoms with van der Waals surface area (Å²) in [7, 11) is 0. The summed E-state index contributed by atoms with van der Waals surface area (Å²) in [6.07, 6.45) is -2.28. The maximum absolute atomic E-state index is 11.7. The number of hydrogen-bond acceptors (Lipinski definition) is 4. The molecule has 0 spiro atoms. The highest BCUT2D eigenvalue weighted by molar-refractivity contribution is 5.81. The average Bonchev–Trinajstić information content (AvgIpc) is 2.26. The van der Waals surface area contributed by atoms with Gasteiger partial charge in [0, 0.05) is 26.8 Å². The third kappa shape index (κ3) is 4.04. The van der Waals surface area contributed by atoms with Crippen LogP contribution in [0.3, 0.4) is 0 Å². The third-order valence-corrected chi connectivity index (χ3v) is 1.60. The third-order valence-electron chi connectivity index (χ3n) is 1.60. The van der Waals surface area contributed by atoms with Crippen molar-refractivity contribution in [3.8, 4) is 0 Å². The first-order valence-electron chi connectivity index (χ1n) is 7.13. The molecule has 0 aromatic heterocycles. The van der Waals surface area contributed by atoms with Gasteiger partial charge in [0.25, 0.3) is 0 Å². The average molecular weight is 211 g/mol. The van der Waals surface area contributed by atoms with Crippen molar-refractivity contribution in [1.29, 1.82) is 0 Å². The number of amides is 1. The Morgan fingerprint density at radius 2 is 2.21 bits per heavy atom. The summed E-state index contributed by atoms with van der Waals surface area (Å²) in [5, 5.41) is 29.7. The van der Waals surface area contributed by atoms with E-state index < -0.39 is 37.7 Å². The molecular weight excluding hydrogens is 186 g/mol. The second-order valence-electron chi connectivity index (χ2n) is 2.90. The number of carbonyl (C=O) groups excluding carboxylic acids is 1. The van der Waals surface area contributed by atoms with E-state index in [1.54, 1.807) is 0 Å². The normalized spacial score (nSPS) is 21.9. The molecule has 0 aliphatic rings. The maximum atomic E-state index is 11.7. The Morgan fingerprint density at radius 3 is 2.64 bits per heavy atom. The molecule has 0 saturated heterocycles. The Kier molecular flexibility index (Phi) is 2.57. The molecule has 1 amide bonds. The molecular formula is C9H19NO4. The molecule has 5 nitrogen and oxygen atoms in total.